The number of carbonyl (C=O) groups is 3. The number of aliphatic carboxylic acids is 1. The zero-order chi connectivity index (χ0) is 39.6. The standard InChI is InChI=1S/C37H30F2N10O5S3/c38-34(39)54-45-28(25-18-55-35(40-25)42-37(22-10-4-1-5-11-22,23-12-6-2-7-13-23)24-14-8-3-9-15-24)30(50)41-29-31(51)48-19-36(33(52)53,21-57-32(29)48)20-56-27-17-16-26-43-46-47-49(26)44-27/h1-18,29,32,34H,19-21H2,(H,40,42)(H,41,50)(H,52,53)/t29?,32-,36?/m1/s1. The van der Waals surface area contributed by atoms with Crippen LogP contribution in [0, 0.1) is 5.41 Å². The minimum atomic E-state index is -3.34. The van der Waals surface area contributed by atoms with Gasteiger partial charge in [-0.2, -0.15) is 8.78 Å². The number of oxime groups is 1. The number of halogens is 2. The van der Waals surface area contributed by atoms with E-state index in [1.807, 2.05) is 91.0 Å². The number of rotatable bonds is 14. The third-order valence-electron chi connectivity index (χ3n) is 9.53. The summed E-state index contributed by atoms with van der Waals surface area (Å²) in [5.41, 5.74) is 0.150. The van der Waals surface area contributed by atoms with Gasteiger partial charge in [0.2, 0.25) is 5.91 Å². The van der Waals surface area contributed by atoms with Crippen molar-refractivity contribution in [3.8, 4) is 0 Å². The van der Waals surface area contributed by atoms with Crippen LogP contribution in [0.15, 0.2) is 119 Å². The van der Waals surface area contributed by atoms with Crippen LogP contribution in [0.3, 0.4) is 0 Å². The molecule has 2 fully saturated rings. The molecule has 3 aromatic carbocycles. The quantitative estimate of drug-likeness (QED) is 0.0455. The molecule has 3 aromatic heterocycles. The van der Waals surface area contributed by atoms with Crippen molar-refractivity contribution in [3.05, 3.63) is 131 Å². The minimum absolute atomic E-state index is 0.0703. The molecular formula is C37H30F2N10O5S3. The van der Waals surface area contributed by atoms with Crippen molar-refractivity contribution in [2.75, 3.05) is 23.4 Å². The maximum Gasteiger partial charge on any atom is 0.407 e. The number of benzene rings is 3. The number of alkyl halides is 2. The molecule has 5 heterocycles. The maximum absolute atomic E-state index is 13.8. The van der Waals surface area contributed by atoms with Gasteiger partial charge in [0.1, 0.15) is 33.1 Å². The molecule has 6 aromatic rings. The van der Waals surface area contributed by atoms with Crippen LogP contribution >= 0.6 is 34.9 Å². The van der Waals surface area contributed by atoms with Gasteiger partial charge in [0.15, 0.2) is 16.5 Å². The van der Waals surface area contributed by atoms with Gasteiger partial charge in [-0.15, -0.1) is 49.7 Å². The SMILES string of the molecule is O=C(NC1C(=O)N2CC(CSc3ccc4nnnn4n3)(C(=O)O)CS[C@H]12)C(=NOC(F)F)c1csc(NC(c2ccccc2)(c2ccccc2)c2ccccc2)n1. The third kappa shape index (κ3) is 7.38. The van der Waals surface area contributed by atoms with Gasteiger partial charge in [-0.1, -0.05) is 96.2 Å². The topological polar surface area (TPSA) is 189 Å². The summed E-state index contributed by atoms with van der Waals surface area (Å²) in [6.45, 7) is -3.46. The van der Waals surface area contributed by atoms with Crippen molar-refractivity contribution in [1.82, 2.24) is 40.5 Å². The summed E-state index contributed by atoms with van der Waals surface area (Å²) in [7, 11) is 0. The first kappa shape index (κ1) is 37.9. The Morgan fingerprint density at radius 2 is 1.65 bits per heavy atom. The first-order valence-electron chi connectivity index (χ1n) is 17.2. The van der Waals surface area contributed by atoms with Gasteiger partial charge >= 0.3 is 12.6 Å². The lowest BCUT2D eigenvalue weighted by Gasteiger charge is -2.53. The Kier molecular flexibility index (Phi) is 10.6. The highest BCUT2D eigenvalue weighted by Crippen LogP contribution is 2.45. The maximum atomic E-state index is 13.8. The van der Waals surface area contributed by atoms with Crippen LogP contribution in [-0.2, 0) is 24.8 Å². The number of tetrazole rings is 1. The molecule has 0 radical (unpaired) electrons. The van der Waals surface area contributed by atoms with E-state index < -0.39 is 52.5 Å². The molecule has 2 saturated heterocycles. The van der Waals surface area contributed by atoms with Crippen LogP contribution in [0.1, 0.15) is 22.4 Å². The van der Waals surface area contributed by atoms with E-state index in [2.05, 4.69) is 46.2 Å². The zero-order valence-electron chi connectivity index (χ0n) is 29.4. The lowest BCUT2D eigenvalue weighted by Crippen LogP contribution is -2.74. The number of nitrogens with one attached hydrogen (secondary N) is 2. The number of carboxylic acids is 1. The van der Waals surface area contributed by atoms with Crippen molar-refractivity contribution >= 4 is 69.1 Å². The number of anilines is 1. The van der Waals surface area contributed by atoms with Crippen LogP contribution in [0.25, 0.3) is 5.65 Å². The molecule has 2 unspecified atom stereocenters. The Bertz CT molecular complexity index is 2350. The van der Waals surface area contributed by atoms with Gasteiger partial charge in [-0.05, 0) is 39.2 Å². The number of aromatic nitrogens is 6. The molecule has 0 spiro atoms. The third-order valence-corrected chi connectivity index (χ3v) is 13.1. The van der Waals surface area contributed by atoms with Crippen LogP contribution in [0.4, 0.5) is 13.9 Å². The predicted octanol–water partition coefficient (Wildman–Crippen LogP) is 4.59. The number of carboxylic acid groups (broad SMARTS) is 1. The molecule has 15 nitrogen and oxygen atoms in total. The molecule has 0 aliphatic carbocycles. The first-order chi connectivity index (χ1) is 27.7. The Labute approximate surface area is 334 Å². The smallest absolute Gasteiger partial charge is 0.407 e. The van der Waals surface area contributed by atoms with Crippen LogP contribution in [0.2, 0.25) is 0 Å². The van der Waals surface area contributed by atoms with E-state index in [1.165, 1.54) is 38.4 Å². The average molecular weight is 829 g/mol. The van der Waals surface area contributed by atoms with E-state index in [-0.39, 0.29) is 23.7 Å². The number of thioether (sulfide) groups is 2. The summed E-state index contributed by atoms with van der Waals surface area (Å²) >= 11 is 3.51. The molecular weight excluding hydrogens is 799 g/mol. The number of hydrogen-bond donors (Lipinski definition) is 3. The lowest BCUT2D eigenvalue weighted by molar-refractivity contribution is -0.157. The number of thiazole rings is 1. The van der Waals surface area contributed by atoms with Crippen molar-refractivity contribution in [2.45, 2.75) is 28.6 Å². The van der Waals surface area contributed by atoms with Gasteiger partial charge in [-0.25, -0.2) is 4.98 Å². The largest absolute Gasteiger partial charge is 0.481 e. The first-order valence-corrected chi connectivity index (χ1v) is 20.2. The highest BCUT2D eigenvalue weighted by Gasteiger charge is 2.57. The van der Waals surface area contributed by atoms with E-state index in [1.54, 1.807) is 12.1 Å². The predicted molar refractivity (Wildman–Crippen MR) is 208 cm³/mol. The summed E-state index contributed by atoms with van der Waals surface area (Å²) in [6, 6.07) is 31.4. The van der Waals surface area contributed by atoms with Crippen LogP contribution in [0.5, 0.6) is 0 Å². The number of carbonyl (C=O) groups excluding carboxylic acids is 2. The molecule has 2 aliphatic heterocycles. The van der Waals surface area contributed by atoms with Crippen LogP contribution in [-0.4, -0.2) is 99.8 Å². The Morgan fingerprint density at radius 1 is 1.00 bits per heavy atom. The van der Waals surface area contributed by atoms with Gasteiger partial charge < -0.3 is 25.5 Å². The molecule has 2 aliphatic rings. The van der Waals surface area contributed by atoms with E-state index in [9.17, 15) is 28.3 Å². The Hall–Kier alpha value is -5.99. The second kappa shape index (κ2) is 15.9. The number of fused-ring (bicyclic) bond motifs is 2. The molecule has 8 rings (SSSR count). The molecule has 57 heavy (non-hydrogen) atoms. The van der Waals surface area contributed by atoms with Crippen molar-refractivity contribution < 1.29 is 33.1 Å². The Balaban J connectivity index is 1.01. The minimum Gasteiger partial charge on any atom is -0.481 e. The molecule has 0 bridgehead atoms. The second-order valence-corrected chi connectivity index (χ2v) is 16.0. The van der Waals surface area contributed by atoms with Crippen molar-refractivity contribution in [3.63, 3.8) is 0 Å². The highest BCUT2D eigenvalue weighted by atomic mass is 32.2. The summed E-state index contributed by atoms with van der Waals surface area (Å²) in [5, 5.41) is 37.1. The fourth-order valence-electron chi connectivity index (χ4n) is 6.72. The summed E-state index contributed by atoms with van der Waals surface area (Å²) in [6.07, 6.45) is 0. The molecule has 3 atom stereocenters. The molecule has 3 N–H and O–H groups in total. The zero-order valence-corrected chi connectivity index (χ0v) is 31.8. The summed E-state index contributed by atoms with van der Waals surface area (Å²) in [5.74, 6) is -2.39. The van der Waals surface area contributed by atoms with E-state index in [0.717, 1.165) is 28.0 Å². The lowest BCUT2D eigenvalue weighted by atomic mass is 9.77. The van der Waals surface area contributed by atoms with E-state index in [0.29, 0.717) is 15.8 Å². The number of amides is 2. The number of nitrogens with zero attached hydrogens (tertiary/aromatic N) is 8. The Morgan fingerprint density at radius 3 is 2.26 bits per heavy atom. The molecule has 0 saturated carbocycles. The van der Waals surface area contributed by atoms with E-state index in [4.69, 9.17) is 0 Å². The van der Waals surface area contributed by atoms with Crippen LogP contribution < -0.4 is 10.6 Å². The van der Waals surface area contributed by atoms with Crippen molar-refractivity contribution in [2.24, 2.45) is 10.6 Å². The van der Waals surface area contributed by atoms with Gasteiger partial charge in [-0.3, -0.25) is 14.4 Å². The van der Waals surface area contributed by atoms with Crippen molar-refractivity contribution in [1.29, 1.82) is 0 Å². The highest BCUT2D eigenvalue weighted by molar-refractivity contribution is 8.00. The molecule has 20 heteroatoms. The second-order valence-electron chi connectivity index (χ2n) is 13.0. The fourth-order valence-corrected chi connectivity index (χ4v) is 10.2. The van der Waals surface area contributed by atoms with Gasteiger partial charge in [0.25, 0.3) is 5.91 Å². The van der Waals surface area contributed by atoms with Gasteiger partial charge in [0, 0.05) is 23.4 Å². The van der Waals surface area contributed by atoms with E-state index >= 15 is 0 Å². The number of β-lactam (4-membered cyclic amide) rings is 1. The average Bonchev–Trinajstić information content (AvgIpc) is 3.91. The normalized spacial score (nSPS) is 19.5. The summed E-state index contributed by atoms with van der Waals surface area (Å²) in [4.78, 5) is 50.1. The monoisotopic (exact) mass is 828 g/mol. The molecule has 2 amide bonds. The number of hydrogen-bond acceptors (Lipinski definition) is 14. The van der Waals surface area contributed by atoms with Gasteiger partial charge in [0.05, 0.1) is 0 Å². The molecule has 290 valence electrons. The fraction of sp³-hybridized carbons (Fsp3) is 0.216. The summed E-state index contributed by atoms with van der Waals surface area (Å²) < 4.78 is 27.9.